The summed E-state index contributed by atoms with van der Waals surface area (Å²) in [4.78, 5) is 2.98. The first-order valence-corrected chi connectivity index (χ1v) is 4.30. The number of hydrogen-bond acceptors (Lipinski definition) is 3. The van der Waals surface area contributed by atoms with Crippen molar-refractivity contribution >= 4 is 0 Å². The van der Waals surface area contributed by atoms with Gasteiger partial charge in [0, 0.05) is 6.54 Å². The Bertz CT molecular complexity index is 461. The van der Waals surface area contributed by atoms with Crippen LogP contribution in [0.25, 0.3) is 0 Å². The summed E-state index contributed by atoms with van der Waals surface area (Å²) in [5.74, 6) is 0. The van der Waals surface area contributed by atoms with Gasteiger partial charge in [0.05, 0.1) is 5.56 Å². The van der Waals surface area contributed by atoms with E-state index in [9.17, 15) is 22.0 Å². The number of nitrogens with zero attached hydrogens (tertiary/aromatic N) is 2. The van der Waals surface area contributed by atoms with Crippen molar-refractivity contribution in [2.45, 2.75) is 19.1 Å². The first-order chi connectivity index (χ1) is 7.81. The second-order valence-corrected chi connectivity index (χ2v) is 3.04. The molecule has 0 spiro atoms. The maximum absolute atomic E-state index is 12.6. The lowest BCUT2D eigenvalue weighted by Crippen LogP contribution is -2.17. The van der Waals surface area contributed by atoms with Crippen molar-refractivity contribution in [1.82, 2.24) is 4.98 Å². The highest BCUT2D eigenvalue weighted by Crippen LogP contribution is 2.37. The van der Waals surface area contributed by atoms with E-state index in [1.165, 1.54) is 6.07 Å². The van der Waals surface area contributed by atoms with Gasteiger partial charge in [0.2, 0.25) is 0 Å². The van der Waals surface area contributed by atoms with E-state index in [4.69, 9.17) is 11.0 Å². The second kappa shape index (κ2) is 4.63. The van der Waals surface area contributed by atoms with Crippen molar-refractivity contribution in [2.75, 3.05) is 0 Å². The molecule has 1 aromatic heterocycles. The average Bonchev–Trinajstić information content (AvgIpc) is 2.25. The Morgan fingerprint density at radius 1 is 1.41 bits per heavy atom. The van der Waals surface area contributed by atoms with E-state index in [-0.39, 0.29) is 0 Å². The number of aromatic nitrogens is 1. The first-order valence-electron chi connectivity index (χ1n) is 4.30. The maximum Gasteiger partial charge on any atom is 0.418 e. The van der Waals surface area contributed by atoms with Crippen molar-refractivity contribution in [3.63, 3.8) is 0 Å². The molecular weight excluding hydrogens is 245 g/mol. The standard InChI is InChI=1S/C9H6F5N3/c10-8(11)7-6(9(12,13)14)4(2-15)1-5(3-16)17-7/h1,8H,2,15H2. The van der Waals surface area contributed by atoms with Gasteiger partial charge in [-0.05, 0) is 11.6 Å². The van der Waals surface area contributed by atoms with Crippen molar-refractivity contribution in [3.8, 4) is 6.07 Å². The molecule has 0 saturated carbocycles. The SMILES string of the molecule is N#Cc1cc(CN)c(C(F)(F)F)c(C(F)F)n1. The van der Waals surface area contributed by atoms with Gasteiger partial charge < -0.3 is 5.73 Å². The van der Waals surface area contributed by atoms with Gasteiger partial charge in [0.25, 0.3) is 6.43 Å². The Hall–Kier alpha value is -1.75. The highest BCUT2D eigenvalue weighted by molar-refractivity contribution is 5.39. The Kier molecular flexibility index (Phi) is 3.63. The van der Waals surface area contributed by atoms with Gasteiger partial charge in [-0.1, -0.05) is 0 Å². The number of hydrogen-bond donors (Lipinski definition) is 1. The predicted octanol–water partition coefficient (Wildman–Crippen LogP) is 2.37. The topological polar surface area (TPSA) is 62.7 Å². The lowest BCUT2D eigenvalue weighted by atomic mass is 10.0. The summed E-state index contributed by atoms with van der Waals surface area (Å²) < 4.78 is 62.7. The molecule has 0 atom stereocenters. The molecule has 1 aromatic rings. The minimum Gasteiger partial charge on any atom is -0.326 e. The molecule has 0 fully saturated rings. The fourth-order valence-electron chi connectivity index (χ4n) is 1.32. The Morgan fingerprint density at radius 3 is 2.35 bits per heavy atom. The zero-order valence-electron chi connectivity index (χ0n) is 8.22. The van der Waals surface area contributed by atoms with Gasteiger partial charge >= 0.3 is 6.18 Å². The number of alkyl halides is 5. The average molecular weight is 251 g/mol. The summed E-state index contributed by atoms with van der Waals surface area (Å²) in [6.45, 7) is -0.605. The summed E-state index contributed by atoms with van der Waals surface area (Å²) >= 11 is 0. The van der Waals surface area contributed by atoms with Crippen molar-refractivity contribution in [3.05, 3.63) is 28.6 Å². The van der Waals surface area contributed by atoms with Crippen molar-refractivity contribution in [2.24, 2.45) is 5.73 Å². The first kappa shape index (κ1) is 13.3. The minimum absolute atomic E-state index is 0.520. The van der Waals surface area contributed by atoms with Crippen LogP contribution < -0.4 is 5.73 Å². The fraction of sp³-hybridized carbons (Fsp3) is 0.333. The van der Waals surface area contributed by atoms with Crippen LogP contribution in [0.1, 0.15) is 28.9 Å². The zero-order chi connectivity index (χ0) is 13.2. The van der Waals surface area contributed by atoms with Gasteiger partial charge in [-0.15, -0.1) is 0 Å². The van der Waals surface area contributed by atoms with Crippen LogP contribution in [-0.4, -0.2) is 4.98 Å². The van der Waals surface area contributed by atoms with Crippen LogP contribution in [0.5, 0.6) is 0 Å². The van der Waals surface area contributed by atoms with Gasteiger partial charge in [-0.3, -0.25) is 0 Å². The van der Waals surface area contributed by atoms with Crippen LogP contribution in [0.15, 0.2) is 6.07 Å². The molecule has 92 valence electrons. The normalized spacial score (nSPS) is 11.6. The van der Waals surface area contributed by atoms with Gasteiger partial charge in [0.1, 0.15) is 17.5 Å². The van der Waals surface area contributed by atoms with Crippen LogP contribution >= 0.6 is 0 Å². The number of nitriles is 1. The molecule has 1 rings (SSSR count). The summed E-state index contributed by atoms with van der Waals surface area (Å²) in [5, 5.41) is 8.48. The highest BCUT2D eigenvalue weighted by atomic mass is 19.4. The molecule has 3 nitrogen and oxygen atoms in total. The Morgan fingerprint density at radius 2 is 2.00 bits per heavy atom. The molecule has 0 saturated heterocycles. The van der Waals surface area contributed by atoms with Crippen molar-refractivity contribution < 1.29 is 22.0 Å². The van der Waals surface area contributed by atoms with E-state index in [1.54, 1.807) is 0 Å². The summed E-state index contributed by atoms with van der Waals surface area (Å²) in [6.07, 6.45) is -8.41. The Labute approximate surface area is 92.7 Å². The second-order valence-electron chi connectivity index (χ2n) is 3.04. The summed E-state index contributed by atoms with van der Waals surface area (Å²) in [5.41, 5.74) is 0.946. The monoisotopic (exact) mass is 251 g/mol. The quantitative estimate of drug-likeness (QED) is 0.820. The zero-order valence-corrected chi connectivity index (χ0v) is 8.22. The molecule has 0 radical (unpaired) electrons. The van der Waals surface area contributed by atoms with Crippen LogP contribution in [0.4, 0.5) is 22.0 Å². The molecule has 0 aliphatic carbocycles. The molecule has 0 amide bonds. The largest absolute Gasteiger partial charge is 0.418 e. The van der Waals surface area contributed by atoms with E-state index >= 15 is 0 Å². The van der Waals surface area contributed by atoms with Crippen LogP contribution in [0, 0.1) is 11.3 Å². The molecule has 2 N–H and O–H groups in total. The summed E-state index contributed by atoms with van der Waals surface area (Å²) in [7, 11) is 0. The third-order valence-corrected chi connectivity index (χ3v) is 1.95. The highest BCUT2D eigenvalue weighted by Gasteiger charge is 2.39. The van der Waals surface area contributed by atoms with E-state index in [0.29, 0.717) is 0 Å². The fourth-order valence-corrected chi connectivity index (χ4v) is 1.32. The van der Waals surface area contributed by atoms with Crippen LogP contribution in [-0.2, 0) is 12.7 Å². The lowest BCUT2D eigenvalue weighted by molar-refractivity contribution is -0.140. The predicted molar refractivity (Wildman–Crippen MR) is 46.8 cm³/mol. The molecule has 0 aromatic carbocycles. The molecule has 0 aliphatic rings. The van der Waals surface area contributed by atoms with E-state index in [0.717, 1.165) is 6.07 Å². The number of pyridine rings is 1. The molecule has 0 bridgehead atoms. The summed E-state index contributed by atoms with van der Waals surface area (Å²) in [6, 6.07) is 2.17. The van der Waals surface area contributed by atoms with Crippen LogP contribution in [0.2, 0.25) is 0 Å². The van der Waals surface area contributed by atoms with Crippen LogP contribution in [0.3, 0.4) is 0 Å². The molecule has 8 heteroatoms. The third-order valence-electron chi connectivity index (χ3n) is 1.95. The third kappa shape index (κ3) is 2.68. The molecule has 1 heterocycles. The van der Waals surface area contributed by atoms with Gasteiger partial charge in [-0.25, -0.2) is 13.8 Å². The smallest absolute Gasteiger partial charge is 0.326 e. The van der Waals surface area contributed by atoms with Crippen molar-refractivity contribution in [1.29, 1.82) is 5.26 Å². The Balaban J connectivity index is 3.60. The molecular formula is C9H6F5N3. The molecule has 17 heavy (non-hydrogen) atoms. The minimum atomic E-state index is -4.98. The molecule has 0 aliphatic heterocycles. The van der Waals surface area contributed by atoms with E-state index in [1.807, 2.05) is 0 Å². The van der Waals surface area contributed by atoms with Gasteiger partial charge in [0.15, 0.2) is 0 Å². The lowest BCUT2D eigenvalue weighted by Gasteiger charge is -2.15. The van der Waals surface area contributed by atoms with Gasteiger partial charge in [-0.2, -0.15) is 18.4 Å². The van der Waals surface area contributed by atoms with E-state index in [2.05, 4.69) is 4.98 Å². The number of rotatable bonds is 2. The van der Waals surface area contributed by atoms with E-state index < -0.39 is 41.7 Å². The molecule has 0 unspecified atom stereocenters. The number of halogens is 5. The maximum atomic E-state index is 12.6. The number of nitrogens with two attached hydrogens (primary N) is 1.